The van der Waals surface area contributed by atoms with Gasteiger partial charge in [-0.1, -0.05) is 37.1 Å². The number of benzene rings is 2. The van der Waals surface area contributed by atoms with Gasteiger partial charge < -0.3 is 0 Å². The maximum atomic E-state index is 4.84. The molecule has 2 aliphatic carbocycles. The minimum absolute atomic E-state index is 0.966. The van der Waals surface area contributed by atoms with Gasteiger partial charge in [-0.3, -0.25) is 9.98 Å². The molecule has 0 spiro atoms. The summed E-state index contributed by atoms with van der Waals surface area (Å²) in [7, 11) is 0. The summed E-state index contributed by atoms with van der Waals surface area (Å²) in [5.74, 6) is 0. The normalized spacial score (nSPS) is 17.6. The Bertz CT molecular complexity index is 712. The lowest BCUT2D eigenvalue weighted by Crippen LogP contribution is -2.03. The van der Waals surface area contributed by atoms with Gasteiger partial charge in [0, 0.05) is 11.4 Å². The Hall–Kier alpha value is -2.22. The fraction of sp³-hybridized carbons (Fsp3) is 0.440. The predicted octanol–water partition coefficient (Wildman–Crippen LogP) is 7.35. The summed E-state index contributed by atoms with van der Waals surface area (Å²) in [5, 5.41) is 0. The van der Waals surface area contributed by atoms with Gasteiger partial charge in [0.25, 0.3) is 0 Å². The second-order valence-electron chi connectivity index (χ2n) is 7.99. The summed E-state index contributed by atoms with van der Waals surface area (Å²) in [6, 6.07) is 17.6. The minimum atomic E-state index is 0.966. The van der Waals surface area contributed by atoms with Gasteiger partial charge >= 0.3 is 0 Å². The van der Waals surface area contributed by atoms with Crippen molar-refractivity contribution in [2.24, 2.45) is 9.98 Å². The lowest BCUT2D eigenvalue weighted by molar-refractivity contribution is 0.667. The third kappa shape index (κ3) is 5.38. The fourth-order valence-corrected chi connectivity index (χ4v) is 4.12. The van der Waals surface area contributed by atoms with Crippen LogP contribution in [0.3, 0.4) is 0 Å². The van der Waals surface area contributed by atoms with E-state index in [0.29, 0.717) is 0 Å². The summed E-state index contributed by atoms with van der Waals surface area (Å²) >= 11 is 0. The second kappa shape index (κ2) is 9.12. The molecule has 140 valence electrons. The van der Waals surface area contributed by atoms with E-state index in [4.69, 9.17) is 9.98 Å². The number of hydrogen-bond acceptors (Lipinski definition) is 2. The molecule has 2 saturated carbocycles. The van der Waals surface area contributed by atoms with Crippen LogP contribution in [0.2, 0.25) is 0 Å². The minimum Gasteiger partial charge on any atom is -0.258 e. The Kier molecular flexibility index (Phi) is 6.13. The standard InChI is InChI=1S/C25H30N2/c1-3-7-22(8-4-1)26-24-15-11-20(12-16-24)19-21-13-17-25(18-14-21)27-23-9-5-2-6-10-23/h11-18H,1-10,19H2. The highest BCUT2D eigenvalue weighted by molar-refractivity contribution is 5.88. The monoisotopic (exact) mass is 358 g/mol. The molecule has 0 aliphatic heterocycles. The van der Waals surface area contributed by atoms with Crippen molar-refractivity contribution in [1.82, 2.24) is 0 Å². The van der Waals surface area contributed by atoms with Crippen LogP contribution < -0.4 is 0 Å². The first-order valence-corrected chi connectivity index (χ1v) is 10.7. The SMILES string of the molecule is c1cc(N=C2CCCCC2)ccc1Cc1ccc(N=C2CCCCC2)cc1. The quantitative estimate of drug-likeness (QED) is 0.546. The molecule has 0 saturated heterocycles. The van der Waals surface area contributed by atoms with E-state index in [1.807, 2.05) is 0 Å². The molecule has 2 fully saturated rings. The van der Waals surface area contributed by atoms with Crippen molar-refractivity contribution in [2.75, 3.05) is 0 Å². The highest BCUT2D eigenvalue weighted by Crippen LogP contribution is 2.23. The zero-order chi connectivity index (χ0) is 18.3. The van der Waals surface area contributed by atoms with Gasteiger partial charge in [-0.25, -0.2) is 0 Å². The molecular weight excluding hydrogens is 328 g/mol. The van der Waals surface area contributed by atoms with Crippen LogP contribution in [0.15, 0.2) is 58.5 Å². The molecule has 2 aromatic rings. The first-order valence-electron chi connectivity index (χ1n) is 10.7. The van der Waals surface area contributed by atoms with Crippen LogP contribution in [0.1, 0.15) is 75.3 Å². The lowest BCUT2D eigenvalue weighted by Gasteiger charge is -2.12. The second-order valence-corrected chi connectivity index (χ2v) is 7.99. The van der Waals surface area contributed by atoms with Gasteiger partial charge in [0.2, 0.25) is 0 Å². The van der Waals surface area contributed by atoms with Gasteiger partial charge in [0.05, 0.1) is 11.4 Å². The molecule has 0 radical (unpaired) electrons. The number of rotatable bonds is 4. The maximum Gasteiger partial charge on any atom is 0.0629 e. The van der Waals surface area contributed by atoms with Crippen molar-refractivity contribution in [3.63, 3.8) is 0 Å². The molecule has 2 aromatic carbocycles. The van der Waals surface area contributed by atoms with Crippen molar-refractivity contribution in [1.29, 1.82) is 0 Å². The third-order valence-electron chi connectivity index (χ3n) is 5.72. The summed E-state index contributed by atoms with van der Waals surface area (Å²) in [4.78, 5) is 9.67. The molecule has 0 heterocycles. The summed E-state index contributed by atoms with van der Waals surface area (Å²) in [6.07, 6.45) is 13.6. The largest absolute Gasteiger partial charge is 0.258 e. The smallest absolute Gasteiger partial charge is 0.0629 e. The Labute approximate surface area is 163 Å². The van der Waals surface area contributed by atoms with Crippen molar-refractivity contribution < 1.29 is 0 Å². The van der Waals surface area contributed by atoms with Gasteiger partial charge in [-0.2, -0.15) is 0 Å². The van der Waals surface area contributed by atoms with Gasteiger partial charge in [0.15, 0.2) is 0 Å². The van der Waals surface area contributed by atoms with E-state index in [2.05, 4.69) is 48.5 Å². The Morgan fingerprint density at radius 2 is 0.852 bits per heavy atom. The van der Waals surface area contributed by atoms with Crippen molar-refractivity contribution >= 4 is 22.8 Å². The molecule has 0 unspecified atom stereocenters. The van der Waals surface area contributed by atoms with Gasteiger partial charge in [-0.05, 0) is 93.2 Å². The summed E-state index contributed by atoms with van der Waals surface area (Å²) < 4.78 is 0. The molecule has 0 aromatic heterocycles. The maximum absolute atomic E-state index is 4.84. The van der Waals surface area contributed by atoms with Crippen molar-refractivity contribution in [2.45, 2.75) is 70.6 Å². The first-order chi connectivity index (χ1) is 13.3. The van der Waals surface area contributed by atoms with Gasteiger partial charge in [-0.15, -0.1) is 0 Å². The Morgan fingerprint density at radius 1 is 0.481 bits per heavy atom. The van der Waals surface area contributed by atoms with E-state index in [0.717, 1.165) is 17.8 Å². The highest BCUT2D eigenvalue weighted by atomic mass is 14.7. The third-order valence-corrected chi connectivity index (χ3v) is 5.72. The van der Waals surface area contributed by atoms with E-state index < -0.39 is 0 Å². The average molecular weight is 359 g/mol. The molecule has 4 rings (SSSR count). The zero-order valence-electron chi connectivity index (χ0n) is 16.3. The van der Waals surface area contributed by atoms with Crippen molar-refractivity contribution in [3.05, 3.63) is 59.7 Å². The van der Waals surface area contributed by atoms with Crippen LogP contribution >= 0.6 is 0 Å². The number of aliphatic imine (C=N–C) groups is 2. The van der Waals surface area contributed by atoms with E-state index in [1.165, 1.54) is 86.8 Å². The van der Waals surface area contributed by atoms with Crippen LogP contribution in [0, 0.1) is 0 Å². The van der Waals surface area contributed by atoms with Gasteiger partial charge in [0.1, 0.15) is 0 Å². The van der Waals surface area contributed by atoms with Crippen LogP contribution in [0.25, 0.3) is 0 Å². The molecule has 0 N–H and O–H groups in total. The first kappa shape index (κ1) is 18.2. The Morgan fingerprint density at radius 3 is 1.22 bits per heavy atom. The molecule has 2 aliphatic rings. The molecule has 0 bridgehead atoms. The number of nitrogens with zero attached hydrogens (tertiary/aromatic N) is 2. The van der Waals surface area contributed by atoms with E-state index in [-0.39, 0.29) is 0 Å². The molecule has 2 nitrogen and oxygen atoms in total. The Balaban J connectivity index is 1.37. The average Bonchev–Trinajstić information content (AvgIpc) is 2.73. The predicted molar refractivity (Wildman–Crippen MR) is 116 cm³/mol. The van der Waals surface area contributed by atoms with E-state index in [1.54, 1.807) is 0 Å². The molecule has 2 heteroatoms. The topological polar surface area (TPSA) is 24.7 Å². The number of hydrogen-bond donors (Lipinski definition) is 0. The fourth-order valence-electron chi connectivity index (χ4n) is 4.12. The van der Waals surface area contributed by atoms with Crippen LogP contribution in [-0.4, -0.2) is 11.4 Å². The van der Waals surface area contributed by atoms with E-state index >= 15 is 0 Å². The molecule has 0 amide bonds. The van der Waals surface area contributed by atoms with Crippen LogP contribution in [0.5, 0.6) is 0 Å². The van der Waals surface area contributed by atoms with E-state index in [9.17, 15) is 0 Å². The molecule has 27 heavy (non-hydrogen) atoms. The van der Waals surface area contributed by atoms with Crippen molar-refractivity contribution in [3.8, 4) is 0 Å². The lowest BCUT2D eigenvalue weighted by atomic mass is 9.98. The molecule has 0 atom stereocenters. The highest BCUT2D eigenvalue weighted by Gasteiger charge is 2.08. The van der Waals surface area contributed by atoms with Crippen LogP contribution in [0.4, 0.5) is 11.4 Å². The summed E-state index contributed by atoms with van der Waals surface area (Å²) in [5.41, 5.74) is 7.65. The molecular formula is C25H30N2. The van der Waals surface area contributed by atoms with Crippen LogP contribution in [-0.2, 0) is 6.42 Å². The zero-order valence-corrected chi connectivity index (χ0v) is 16.3. The summed E-state index contributed by atoms with van der Waals surface area (Å²) in [6.45, 7) is 0.